The number of nitrogens with zero attached hydrogens (tertiary/aromatic N) is 2. The molecule has 1 aliphatic rings. The first-order valence-electron chi connectivity index (χ1n) is 12.4. The summed E-state index contributed by atoms with van der Waals surface area (Å²) in [4.78, 5) is 31.1. The summed E-state index contributed by atoms with van der Waals surface area (Å²) in [6, 6.07) is 29.3. The Morgan fingerprint density at radius 2 is 1.37 bits per heavy atom. The van der Waals surface area contributed by atoms with Crippen LogP contribution in [-0.4, -0.2) is 40.4 Å². The van der Waals surface area contributed by atoms with Crippen molar-refractivity contribution in [1.82, 2.24) is 9.80 Å². The van der Waals surface area contributed by atoms with Gasteiger partial charge in [-0.3, -0.25) is 9.69 Å². The van der Waals surface area contributed by atoms with E-state index in [0.717, 1.165) is 23.1 Å². The first kappa shape index (κ1) is 24.7. The SMILES string of the molecule is CC(C)OC(=O)[C@@H]1CCCN1C(=O)[C@@H](c1ccccc1)N(Cc1ccccc1)Cc1ccccc1. The minimum atomic E-state index is -0.536. The molecule has 1 saturated heterocycles. The molecule has 4 rings (SSSR count). The van der Waals surface area contributed by atoms with Gasteiger partial charge < -0.3 is 9.64 Å². The highest BCUT2D eigenvalue weighted by molar-refractivity contribution is 5.89. The normalized spacial score (nSPS) is 16.5. The molecule has 0 spiro atoms. The lowest BCUT2D eigenvalue weighted by atomic mass is 10.0. The monoisotopic (exact) mass is 470 g/mol. The minimum Gasteiger partial charge on any atom is -0.461 e. The minimum absolute atomic E-state index is 0.0498. The van der Waals surface area contributed by atoms with Crippen molar-refractivity contribution >= 4 is 11.9 Å². The van der Waals surface area contributed by atoms with Crippen LogP contribution in [0.4, 0.5) is 0 Å². The quantitative estimate of drug-likeness (QED) is 0.395. The number of ether oxygens (including phenoxy) is 1. The molecule has 1 aliphatic heterocycles. The van der Waals surface area contributed by atoms with Gasteiger partial charge in [-0.25, -0.2) is 4.79 Å². The van der Waals surface area contributed by atoms with Crippen LogP contribution < -0.4 is 0 Å². The van der Waals surface area contributed by atoms with Crippen molar-refractivity contribution in [2.24, 2.45) is 0 Å². The highest BCUT2D eigenvalue weighted by atomic mass is 16.5. The number of amides is 1. The molecule has 0 N–H and O–H groups in total. The van der Waals surface area contributed by atoms with Gasteiger partial charge in [0.15, 0.2) is 0 Å². The van der Waals surface area contributed by atoms with E-state index in [0.29, 0.717) is 26.1 Å². The van der Waals surface area contributed by atoms with Gasteiger partial charge in [0.1, 0.15) is 12.1 Å². The van der Waals surface area contributed by atoms with Crippen LogP contribution in [0.3, 0.4) is 0 Å². The van der Waals surface area contributed by atoms with Crippen molar-refractivity contribution in [3.8, 4) is 0 Å². The van der Waals surface area contributed by atoms with E-state index in [4.69, 9.17) is 4.74 Å². The first-order valence-corrected chi connectivity index (χ1v) is 12.4. The maximum atomic E-state index is 14.2. The second kappa shape index (κ2) is 11.8. The topological polar surface area (TPSA) is 49.9 Å². The predicted octanol–water partition coefficient (Wildman–Crippen LogP) is 5.37. The summed E-state index contributed by atoms with van der Waals surface area (Å²) in [5.74, 6) is -0.360. The van der Waals surface area contributed by atoms with E-state index < -0.39 is 12.1 Å². The molecule has 3 aromatic rings. The molecule has 0 aromatic heterocycles. The number of carbonyl (C=O) groups is 2. The van der Waals surface area contributed by atoms with Gasteiger partial charge >= 0.3 is 5.97 Å². The number of hydrogen-bond acceptors (Lipinski definition) is 4. The third-order valence-electron chi connectivity index (χ3n) is 6.33. The smallest absolute Gasteiger partial charge is 0.329 e. The third kappa shape index (κ3) is 6.37. The molecular weight excluding hydrogens is 436 g/mol. The summed E-state index contributed by atoms with van der Waals surface area (Å²) in [6.07, 6.45) is 1.22. The molecule has 5 nitrogen and oxygen atoms in total. The van der Waals surface area contributed by atoms with Gasteiger partial charge in [0.2, 0.25) is 5.91 Å². The second-order valence-corrected chi connectivity index (χ2v) is 9.36. The number of carbonyl (C=O) groups excluding carboxylic acids is 2. The Morgan fingerprint density at radius 1 is 0.857 bits per heavy atom. The van der Waals surface area contributed by atoms with Gasteiger partial charge in [-0.1, -0.05) is 91.0 Å². The lowest BCUT2D eigenvalue weighted by Crippen LogP contribution is -2.47. The molecule has 1 fully saturated rings. The fourth-order valence-electron chi connectivity index (χ4n) is 4.76. The summed E-state index contributed by atoms with van der Waals surface area (Å²) in [5, 5.41) is 0. The van der Waals surface area contributed by atoms with Crippen molar-refractivity contribution in [2.45, 2.75) is 58.0 Å². The zero-order chi connectivity index (χ0) is 24.6. The molecule has 0 saturated carbocycles. The van der Waals surface area contributed by atoms with Gasteiger partial charge in [-0.05, 0) is 43.4 Å². The first-order chi connectivity index (χ1) is 17.0. The van der Waals surface area contributed by atoms with Crippen molar-refractivity contribution in [3.63, 3.8) is 0 Å². The van der Waals surface area contributed by atoms with Gasteiger partial charge in [0.25, 0.3) is 0 Å². The molecule has 2 atom stereocenters. The Morgan fingerprint density at radius 3 is 1.89 bits per heavy atom. The summed E-state index contributed by atoms with van der Waals surface area (Å²) in [6.45, 7) is 5.46. The molecule has 35 heavy (non-hydrogen) atoms. The van der Waals surface area contributed by atoms with Gasteiger partial charge in [-0.2, -0.15) is 0 Å². The molecule has 0 unspecified atom stereocenters. The van der Waals surface area contributed by atoms with Crippen LogP contribution in [-0.2, 0) is 27.4 Å². The van der Waals surface area contributed by atoms with Crippen LogP contribution in [0.2, 0.25) is 0 Å². The lowest BCUT2D eigenvalue weighted by molar-refractivity contribution is -0.158. The Hall–Kier alpha value is -3.44. The van der Waals surface area contributed by atoms with Crippen LogP contribution in [0, 0.1) is 0 Å². The van der Waals surface area contributed by atoms with E-state index in [1.807, 2.05) is 80.6 Å². The van der Waals surface area contributed by atoms with E-state index in [2.05, 4.69) is 29.2 Å². The standard InChI is InChI=1S/C30H34N2O3/c1-23(2)35-30(34)27-19-12-20-32(27)29(33)28(26-17-10-5-11-18-26)31(21-24-13-6-3-7-14-24)22-25-15-8-4-9-16-25/h3-11,13-18,23,27-28H,12,19-22H2,1-2H3/t27-,28+/m0/s1. The van der Waals surface area contributed by atoms with Crippen LogP contribution in [0.25, 0.3) is 0 Å². The number of hydrogen-bond donors (Lipinski definition) is 0. The molecule has 5 heteroatoms. The number of rotatable bonds is 9. The van der Waals surface area contributed by atoms with Crippen molar-refractivity contribution in [1.29, 1.82) is 0 Å². The Kier molecular flexibility index (Phi) is 8.32. The molecule has 1 amide bonds. The van der Waals surface area contributed by atoms with E-state index in [1.165, 1.54) is 0 Å². The van der Waals surface area contributed by atoms with E-state index in [1.54, 1.807) is 4.90 Å². The van der Waals surface area contributed by atoms with Crippen LogP contribution >= 0.6 is 0 Å². The second-order valence-electron chi connectivity index (χ2n) is 9.36. The molecule has 0 bridgehead atoms. The maximum absolute atomic E-state index is 14.2. The van der Waals surface area contributed by atoms with Crippen molar-refractivity contribution in [2.75, 3.05) is 6.54 Å². The number of benzene rings is 3. The average molecular weight is 471 g/mol. The summed E-state index contributed by atoms with van der Waals surface area (Å²) < 4.78 is 5.51. The van der Waals surface area contributed by atoms with Crippen LogP contribution in [0.1, 0.15) is 49.4 Å². The maximum Gasteiger partial charge on any atom is 0.329 e. The van der Waals surface area contributed by atoms with Gasteiger partial charge in [0.05, 0.1) is 6.10 Å². The number of likely N-dealkylation sites (tertiary alicyclic amines) is 1. The average Bonchev–Trinajstić information content (AvgIpc) is 3.36. The fourth-order valence-corrected chi connectivity index (χ4v) is 4.76. The predicted molar refractivity (Wildman–Crippen MR) is 137 cm³/mol. The van der Waals surface area contributed by atoms with E-state index in [-0.39, 0.29) is 18.0 Å². The van der Waals surface area contributed by atoms with Gasteiger partial charge in [-0.15, -0.1) is 0 Å². The number of esters is 1. The zero-order valence-corrected chi connectivity index (χ0v) is 20.5. The van der Waals surface area contributed by atoms with Crippen LogP contribution in [0.5, 0.6) is 0 Å². The summed E-state index contributed by atoms with van der Waals surface area (Å²) in [5.41, 5.74) is 3.19. The molecule has 182 valence electrons. The largest absolute Gasteiger partial charge is 0.461 e. The van der Waals surface area contributed by atoms with Gasteiger partial charge in [0, 0.05) is 19.6 Å². The highest BCUT2D eigenvalue weighted by Gasteiger charge is 2.40. The molecule has 1 heterocycles. The summed E-state index contributed by atoms with van der Waals surface area (Å²) in [7, 11) is 0. The molecular formula is C30H34N2O3. The summed E-state index contributed by atoms with van der Waals surface area (Å²) >= 11 is 0. The fraction of sp³-hybridized carbons (Fsp3) is 0.333. The zero-order valence-electron chi connectivity index (χ0n) is 20.5. The molecule has 0 aliphatic carbocycles. The van der Waals surface area contributed by atoms with Crippen LogP contribution in [0.15, 0.2) is 91.0 Å². The Labute approximate surface area is 208 Å². The third-order valence-corrected chi connectivity index (χ3v) is 6.33. The lowest BCUT2D eigenvalue weighted by Gasteiger charge is -2.35. The van der Waals surface area contributed by atoms with Crippen molar-refractivity contribution < 1.29 is 14.3 Å². The Bertz CT molecular complexity index is 1040. The molecule has 3 aromatic carbocycles. The van der Waals surface area contributed by atoms with E-state index in [9.17, 15) is 9.59 Å². The van der Waals surface area contributed by atoms with Crippen molar-refractivity contribution in [3.05, 3.63) is 108 Å². The van der Waals surface area contributed by atoms with E-state index >= 15 is 0 Å². The molecule has 0 radical (unpaired) electrons. The highest BCUT2D eigenvalue weighted by Crippen LogP contribution is 2.31. The Balaban J connectivity index is 1.70.